The van der Waals surface area contributed by atoms with E-state index in [9.17, 15) is 18.4 Å². The van der Waals surface area contributed by atoms with Gasteiger partial charge in [0.2, 0.25) is 0 Å². The lowest BCUT2D eigenvalue weighted by molar-refractivity contribution is -0.142. The number of hydrogen-bond acceptors (Lipinski definition) is 4. The highest BCUT2D eigenvalue weighted by Crippen LogP contribution is 2.26. The van der Waals surface area contributed by atoms with Crippen molar-refractivity contribution in [3.63, 3.8) is 0 Å². The van der Waals surface area contributed by atoms with Crippen LogP contribution in [0.25, 0.3) is 0 Å². The largest absolute Gasteiger partial charge is 0.452 e. The maximum atomic E-state index is 12.1. The molecule has 0 bridgehead atoms. The Labute approximate surface area is 125 Å². The zero-order valence-electron chi connectivity index (χ0n) is 11.3. The number of anilines is 1. The molecule has 1 aromatic rings. The van der Waals surface area contributed by atoms with E-state index in [1.165, 1.54) is 30.3 Å². The fraction of sp³-hybridized carbons (Fsp3) is 0.286. The van der Waals surface area contributed by atoms with Crippen LogP contribution in [0.4, 0.5) is 14.5 Å². The highest BCUT2D eigenvalue weighted by atomic mass is 32.2. The molecule has 0 atom stereocenters. The number of hydrogen-bond donors (Lipinski definition) is 1. The van der Waals surface area contributed by atoms with Crippen molar-refractivity contribution in [1.82, 2.24) is 0 Å². The number of allylic oxidation sites excluding steroid dienone is 1. The summed E-state index contributed by atoms with van der Waals surface area (Å²) in [6.07, 6.45) is 3.58. The van der Waals surface area contributed by atoms with Gasteiger partial charge in [-0.3, -0.25) is 4.79 Å². The van der Waals surface area contributed by atoms with Gasteiger partial charge in [0.15, 0.2) is 6.61 Å². The van der Waals surface area contributed by atoms with Gasteiger partial charge in [0.05, 0.1) is 0 Å². The predicted octanol–water partition coefficient (Wildman–Crippen LogP) is 3.45. The summed E-state index contributed by atoms with van der Waals surface area (Å²) in [5.41, 5.74) is 0.443. The molecular weight excluding hydrogens is 300 g/mol. The molecule has 0 fully saturated rings. The lowest BCUT2D eigenvalue weighted by atomic mass is 10.3. The molecule has 1 N–H and O–H groups in total. The number of rotatable bonds is 7. The van der Waals surface area contributed by atoms with Crippen molar-refractivity contribution in [3.05, 3.63) is 36.4 Å². The first-order valence-electron chi connectivity index (χ1n) is 6.19. The average molecular weight is 315 g/mol. The van der Waals surface area contributed by atoms with E-state index in [2.05, 4.69) is 5.32 Å². The predicted molar refractivity (Wildman–Crippen MR) is 77.3 cm³/mol. The van der Waals surface area contributed by atoms with Gasteiger partial charge >= 0.3 is 5.97 Å². The standard InChI is InChI=1S/C14H15F2NO3S/c1-2-3-4-13(19)20-9-12(18)17-10-5-7-11(8-6-10)21-14(15)16/h3-8,14H,2,9H2,1H3,(H,17,18)/b4-3+. The van der Waals surface area contributed by atoms with Crippen LogP contribution in [-0.2, 0) is 14.3 Å². The first-order chi connectivity index (χ1) is 10.0. The minimum Gasteiger partial charge on any atom is -0.452 e. The summed E-state index contributed by atoms with van der Waals surface area (Å²) < 4.78 is 29.0. The summed E-state index contributed by atoms with van der Waals surface area (Å²) in [4.78, 5) is 23.1. The Morgan fingerprint density at radius 1 is 1.33 bits per heavy atom. The Morgan fingerprint density at radius 3 is 2.57 bits per heavy atom. The van der Waals surface area contributed by atoms with Crippen molar-refractivity contribution < 1.29 is 23.1 Å². The van der Waals surface area contributed by atoms with Gasteiger partial charge in [0.1, 0.15) is 0 Å². The van der Waals surface area contributed by atoms with Crippen LogP contribution in [0.3, 0.4) is 0 Å². The van der Waals surface area contributed by atoms with Gasteiger partial charge in [-0.15, -0.1) is 0 Å². The Bertz CT molecular complexity index is 503. The van der Waals surface area contributed by atoms with Gasteiger partial charge in [0, 0.05) is 16.7 Å². The molecule has 0 unspecified atom stereocenters. The topological polar surface area (TPSA) is 55.4 Å². The average Bonchev–Trinajstić information content (AvgIpc) is 2.44. The Kier molecular flexibility index (Phi) is 7.45. The normalized spacial score (nSPS) is 10.9. The van der Waals surface area contributed by atoms with Gasteiger partial charge in [-0.1, -0.05) is 24.8 Å². The first-order valence-corrected chi connectivity index (χ1v) is 7.07. The molecule has 0 aliphatic rings. The molecule has 7 heteroatoms. The number of carbonyl (C=O) groups is 2. The smallest absolute Gasteiger partial charge is 0.330 e. The number of thioether (sulfide) groups is 1. The van der Waals surface area contributed by atoms with E-state index >= 15 is 0 Å². The van der Waals surface area contributed by atoms with Crippen LogP contribution in [0.1, 0.15) is 13.3 Å². The number of amides is 1. The number of benzene rings is 1. The Morgan fingerprint density at radius 2 is 2.00 bits per heavy atom. The van der Waals surface area contributed by atoms with Gasteiger partial charge in [0.25, 0.3) is 11.7 Å². The van der Waals surface area contributed by atoms with E-state index in [0.717, 1.165) is 0 Å². The van der Waals surface area contributed by atoms with E-state index in [-0.39, 0.29) is 0 Å². The Balaban J connectivity index is 2.40. The van der Waals surface area contributed by atoms with Crippen LogP contribution in [0.15, 0.2) is 41.3 Å². The first kappa shape index (κ1) is 17.2. The van der Waals surface area contributed by atoms with Gasteiger partial charge in [-0.25, -0.2) is 4.79 Å². The molecular formula is C14H15F2NO3S. The highest BCUT2D eigenvalue weighted by molar-refractivity contribution is 7.99. The molecule has 0 aliphatic carbocycles. The number of halogens is 2. The van der Waals surface area contributed by atoms with Crippen molar-refractivity contribution in [3.8, 4) is 0 Å². The summed E-state index contributed by atoms with van der Waals surface area (Å²) in [7, 11) is 0. The number of nitrogens with one attached hydrogen (secondary N) is 1. The van der Waals surface area contributed by atoms with E-state index in [0.29, 0.717) is 28.8 Å². The molecule has 0 spiro atoms. The summed E-state index contributed by atoms with van der Waals surface area (Å²) in [6, 6.07) is 5.95. The molecule has 0 radical (unpaired) electrons. The van der Waals surface area contributed by atoms with Crippen LogP contribution < -0.4 is 5.32 Å². The second-order valence-electron chi connectivity index (χ2n) is 3.87. The fourth-order valence-corrected chi connectivity index (χ4v) is 1.81. The van der Waals surface area contributed by atoms with Crippen molar-refractivity contribution >= 4 is 29.3 Å². The number of ether oxygens (including phenoxy) is 1. The van der Waals surface area contributed by atoms with E-state index < -0.39 is 24.2 Å². The number of alkyl halides is 2. The molecule has 0 aliphatic heterocycles. The minimum atomic E-state index is -2.49. The maximum absolute atomic E-state index is 12.1. The second kappa shape index (κ2) is 9.12. The SMILES string of the molecule is CC/C=C/C(=O)OCC(=O)Nc1ccc(SC(F)F)cc1. The van der Waals surface area contributed by atoms with Crippen molar-refractivity contribution in [2.24, 2.45) is 0 Å². The van der Waals surface area contributed by atoms with E-state index in [1.807, 2.05) is 6.92 Å². The third-order valence-corrected chi connectivity index (χ3v) is 2.92. The molecule has 1 aromatic carbocycles. The summed E-state index contributed by atoms with van der Waals surface area (Å²) in [6.45, 7) is 1.47. The Hall–Kier alpha value is -1.89. The minimum absolute atomic E-state index is 0.402. The van der Waals surface area contributed by atoms with Crippen LogP contribution in [0.5, 0.6) is 0 Å². The fourth-order valence-electron chi connectivity index (χ4n) is 1.32. The zero-order chi connectivity index (χ0) is 15.7. The molecule has 0 saturated heterocycles. The monoisotopic (exact) mass is 315 g/mol. The number of esters is 1. The quantitative estimate of drug-likeness (QED) is 0.476. The lowest BCUT2D eigenvalue weighted by Crippen LogP contribution is -2.20. The summed E-state index contributed by atoms with van der Waals surface area (Å²) >= 11 is 0.425. The molecule has 1 amide bonds. The molecule has 4 nitrogen and oxygen atoms in total. The van der Waals surface area contributed by atoms with Crippen molar-refractivity contribution in [1.29, 1.82) is 0 Å². The third kappa shape index (κ3) is 7.45. The summed E-state index contributed by atoms with van der Waals surface area (Å²) in [5, 5.41) is 2.50. The van der Waals surface area contributed by atoms with Crippen LogP contribution in [-0.4, -0.2) is 24.2 Å². The molecule has 0 aromatic heterocycles. The van der Waals surface area contributed by atoms with Crippen molar-refractivity contribution in [2.45, 2.75) is 24.0 Å². The molecule has 0 saturated carbocycles. The molecule has 114 valence electrons. The van der Waals surface area contributed by atoms with E-state index in [4.69, 9.17) is 4.74 Å². The molecule has 1 rings (SSSR count). The van der Waals surface area contributed by atoms with Crippen LogP contribution in [0.2, 0.25) is 0 Å². The van der Waals surface area contributed by atoms with E-state index in [1.54, 1.807) is 6.08 Å². The van der Waals surface area contributed by atoms with Gasteiger partial charge in [-0.2, -0.15) is 8.78 Å². The van der Waals surface area contributed by atoms with Crippen LogP contribution in [0, 0.1) is 0 Å². The van der Waals surface area contributed by atoms with Crippen molar-refractivity contribution in [2.75, 3.05) is 11.9 Å². The highest BCUT2D eigenvalue weighted by Gasteiger charge is 2.07. The molecule has 0 heterocycles. The van der Waals surface area contributed by atoms with Crippen LogP contribution >= 0.6 is 11.8 Å². The second-order valence-corrected chi connectivity index (χ2v) is 4.93. The number of carbonyl (C=O) groups excluding carboxylic acids is 2. The third-order valence-electron chi connectivity index (χ3n) is 2.20. The van der Waals surface area contributed by atoms with Gasteiger partial charge < -0.3 is 10.1 Å². The summed E-state index contributed by atoms with van der Waals surface area (Å²) in [5.74, 6) is -3.57. The maximum Gasteiger partial charge on any atom is 0.330 e. The lowest BCUT2D eigenvalue weighted by Gasteiger charge is -2.06. The van der Waals surface area contributed by atoms with Gasteiger partial charge in [-0.05, 0) is 30.7 Å². The zero-order valence-corrected chi connectivity index (χ0v) is 12.2. The molecule has 21 heavy (non-hydrogen) atoms.